The highest BCUT2D eigenvalue weighted by Gasteiger charge is 2.41. The molecule has 3 N–H and O–H groups in total. The summed E-state index contributed by atoms with van der Waals surface area (Å²) in [6.45, 7) is 1.97. The number of amides is 1. The molecule has 13 heteroatoms. The molecule has 2 heterocycles. The monoisotopic (exact) mass is 618 g/mol. The van der Waals surface area contributed by atoms with Crippen LogP contribution in [-0.4, -0.2) is 49.0 Å². The molecule has 3 aromatic rings. The Morgan fingerprint density at radius 1 is 1.16 bits per heavy atom. The number of nitriles is 1. The van der Waals surface area contributed by atoms with Crippen molar-refractivity contribution in [2.75, 3.05) is 37.3 Å². The second-order valence-corrected chi connectivity index (χ2v) is 12.0. The van der Waals surface area contributed by atoms with Crippen LogP contribution in [0.2, 0.25) is 0 Å². The molecule has 1 aromatic heterocycles. The zero-order valence-electron chi connectivity index (χ0n) is 24.1. The van der Waals surface area contributed by atoms with Gasteiger partial charge in [0.2, 0.25) is 16.8 Å². The van der Waals surface area contributed by atoms with Gasteiger partial charge in [-0.25, -0.2) is 0 Å². The lowest BCUT2D eigenvalue weighted by Gasteiger charge is -2.38. The van der Waals surface area contributed by atoms with Crippen molar-refractivity contribution in [1.82, 2.24) is 10.2 Å². The quantitative estimate of drug-likeness (QED) is 0.315. The minimum atomic E-state index is -0.537. The van der Waals surface area contributed by atoms with Gasteiger partial charge in [-0.3, -0.25) is 14.5 Å². The maximum atomic E-state index is 13.3. The van der Waals surface area contributed by atoms with Gasteiger partial charge in [0.15, 0.2) is 21.6 Å². The molecular formula is C30H30N6O5S2. The van der Waals surface area contributed by atoms with E-state index in [1.165, 1.54) is 44.4 Å². The van der Waals surface area contributed by atoms with Crippen LogP contribution in [0.25, 0.3) is 0 Å². The molecule has 11 nitrogen and oxygen atoms in total. The molecule has 2 aliphatic rings. The Hall–Kier alpha value is -4.54. The van der Waals surface area contributed by atoms with Crippen LogP contribution in [0, 0.1) is 18.3 Å². The number of anilines is 2. The van der Waals surface area contributed by atoms with Gasteiger partial charge in [0.25, 0.3) is 0 Å². The summed E-state index contributed by atoms with van der Waals surface area (Å²) in [5, 5.41) is 22.1. The normalized spacial score (nSPS) is 16.5. The van der Waals surface area contributed by atoms with Gasteiger partial charge in [-0.1, -0.05) is 52.9 Å². The van der Waals surface area contributed by atoms with Crippen LogP contribution < -0.4 is 30.2 Å². The number of allylic oxidation sites excluding steroid dienone is 3. The number of hydrogen-bond acceptors (Lipinski definition) is 12. The zero-order valence-corrected chi connectivity index (χ0v) is 25.7. The van der Waals surface area contributed by atoms with E-state index in [9.17, 15) is 14.9 Å². The summed E-state index contributed by atoms with van der Waals surface area (Å²) in [5.41, 5.74) is 10.6. The summed E-state index contributed by atoms with van der Waals surface area (Å²) in [4.78, 5) is 27.8. The molecule has 1 aliphatic carbocycles. The molecule has 0 saturated heterocycles. The van der Waals surface area contributed by atoms with Crippen LogP contribution in [0.1, 0.15) is 36.3 Å². The predicted molar refractivity (Wildman–Crippen MR) is 164 cm³/mol. The molecule has 5 rings (SSSR count). The van der Waals surface area contributed by atoms with E-state index in [0.29, 0.717) is 62.8 Å². The van der Waals surface area contributed by atoms with Gasteiger partial charge in [0.05, 0.1) is 44.6 Å². The number of aryl methyl sites for hydroxylation is 1. The molecule has 0 bridgehead atoms. The average Bonchev–Trinajstić information content (AvgIpc) is 3.47. The number of thioether (sulfide) groups is 1. The highest BCUT2D eigenvalue weighted by molar-refractivity contribution is 8.01. The molecule has 1 atom stereocenters. The van der Waals surface area contributed by atoms with E-state index in [1.54, 1.807) is 17.0 Å². The molecule has 1 amide bonds. The van der Waals surface area contributed by atoms with Crippen molar-refractivity contribution in [1.29, 1.82) is 5.26 Å². The summed E-state index contributed by atoms with van der Waals surface area (Å²) in [6, 6.07) is 13.4. The van der Waals surface area contributed by atoms with Crippen molar-refractivity contribution < 1.29 is 23.8 Å². The van der Waals surface area contributed by atoms with E-state index in [2.05, 4.69) is 21.6 Å². The molecule has 2 aromatic carbocycles. The molecule has 0 radical (unpaired) electrons. The van der Waals surface area contributed by atoms with Crippen LogP contribution in [0.4, 0.5) is 10.8 Å². The fourth-order valence-electron chi connectivity index (χ4n) is 5.32. The van der Waals surface area contributed by atoms with Gasteiger partial charge in [0.1, 0.15) is 5.82 Å². The number of ketones is 1. The van der Waals surface area contributed by atoms with Gasteiger partial charge in [-0.05, 0) is 25.3 Å². The SMILES string of the molecule is COc1cc(NC(=O)CSc2nnc(N3C(N)=C(C#N)C(c4cccc(C)c4)C4=C3CCCC4=O)s2)cc(OC)c1OC. The van der Waals surface area contributed by atoms with E-state index in [-0.39, 0.29) is 23.3 Å². The second-order valence-electron chi connectivity index (χ2n) is 9.83. The molecule has 0 spiro atoms. The zero-order chi connectivity index (χ0) is 30.7. The van der Waals surface area contributed by atoms with Crippen LogP contribution in [-0.2, 0) is 9.59 Å². The standard InChI is InChI=1S/C30H30N6O5S2/c1-16-7-5-8-17(11-16)25-19(14-31)28(32)36(20-9-6-10-21(37)26(20)25)29-34-35-30(43-29)42-15-24(38)33-18-12-22(39-2)27(41-4)23(13-18)40-3/h5,7-8,11-13,25H,6,9-10,15,32H2,1-4H3,(H,33,38). The van der Waals surface area contributed by atoms with Crippen molar-refractivity contribution in [3.8, 4) is 23.3 Å². The van der Waals surface area contributed by atoms with Gasteiger partial charge in [0, 0.05) is 35.5 Å². The summed E-state index contributed by atoms with van der Waals surface area (Å²) < 4.78 is 16.6. The maximum absolute atomic E-state index is 13.3. The Bertz CT molecular complexity index is 1670. The van der Waals surface area contributed by atoms with Crippen molar-refractivity contribution in [3.05, 3.63) is 70.2 Å². The third-order valence-corrected chi connectivity index (χ3v) is 9.19. The lowest BCUT2D eigenvalue weighted by molar-refractivity contribution is -0.116. The van der Waals surface area contributed by atoms with Gasteiger partial charge < -0.3 is 25.3 Å². The number of carbonyl (C=O) groups is 2. The molecule has 222 valence electrons. The maximum Gasteiger partial charge on any atom is 0.234 e. The van der Waals surface area contributed by atoms with Crippen LogP contribution >= 0.6 is 23.1 Å². The first-order valence-electron chi connectivity index (χ1n) is 13.4. The Kier molecular flexibility index (Phi) is 8.89. The van der Waals surface area contributed by atoms with Gasteiger partial charge in [-0.2, -0.15) is 5.26 Å². The van der Waals surface area contributed by atoms with Gasteiger partial charge in [-0.15, -0.1) is 10.2 Å². The van der Waals surface area contributed by atoms with Crippen molar-refractivity contribution in [2.45, 2.75) is 36.4 Å². The minimum absolute atomic E-state index is 0.000541. The van der Waals surface area contributed by atoms with Crippen LogP contribution in [0.3, 0.4) is 0 Å². The Morgan fingerprint density at radius 2 is 1.91 bits per heavy atom. The van der Waals surface area contributed by atoms with Gasteiger partial charge >= 0.3 is 0 Å². The fraction of sp³-hybridized carbons (Fsp3) is 0.300. The number of rotatable bonds is 9. The Morgan fingerprint density at radius 3 is 2.56 bits per heavy atom. The van der Waals surface area contributed by atoms with Crippen molar-refractivity contribution >= 4 is 45.6 Å². The highest BCUT2D eigenvalue weighted by atomic mass is 32.2. The summed E-state index contributed by atoms with van der Waals surface area (Å²) >= 11 is 2.45. The lowest BCUT2D eigenvalue weighted by atomic mass is 9.75. The number of benzene rings is 2. The van der Waals surface area contributed by atoms with E-state index in [4.69, 9.17) is 19.9 Å². The molecule has 1 aliphatic heterocycles. The third kappa shape index (κ3) is 5.89. The summed E-state index contributed by atoms with van der Waals surface area (Å²) in [5.74, 6) is 0.739. The topological polar surface area (TPSA) is 153 Å². The molecule has 43 heavy (non-hydrogen) atoms. The summed E-state index contributed by atoms with van der Waals surface area (Å²) in [6.07, 6.45) is 1.69. The average molecular weight is 619 g/mol. The van der Waals surface area contributed by atoms with Crippen LogP contribution in [0.15, 0.2) is 63.4 Å². The number of ether oxygens (including phenoxy) is 3. The number of methoxy groups -OCH3 is 3. The number of aromatic nitrogens is 2. The van der Waals surface area contributed by atoms with E-state index < -0.39 is 5.92 Å². The first-order valence-corrected chi connectivity index (χ1v) is 15.2. The first-order chi connectivity index (χ1) is 20.8. The summed E-state index contributed by atoms with van der Waals surface area (Å²) in [7, 11) is 4.51. The number of hydrogen-bond donors (Lipinski definition) is 2. The predicted octanol–water partition coefficient (Wildman–Crippen LogP) is 4.91. The molecule has 0 saturated carbocycles. The van der Waals surface area contributed by atoms with Crippen LogP contribution in [0.5, 0.6) is 17.2 Å². The fourth-order valence-corrected chi connectivity index (χ4v) is 7.00. The van der Waals surface area contributed by atoms with E-state index in [0.717, 1.165) is 16.8 Å². The Labute approximate surface area is 257 Å². The number of Topliss-reactive ketones (excluding diaryl/α,β-unsaturated/α-hetero) is 1. The van der Waals surface area contributed by atoms with Crippen molar-refractivity contribution in [2.24, 2.45) is 5.73 Å². The largest absolute Gasteiger partial charge is 0.493 e. The number of carbonyl (C=O) groups excluding carboxylic acids is 2. The number of nitrogens with two attached hydrogens (primary N) is 1. The first kappa shape index (κ1) is 29.9. The molecule has 0 fully saturated rings. The Balaban J connectivity index is 1.38. The molecule has 1 unspecified atom stereocenters. The van der Waals surface area contributed by atoms with E-state index in [1.807, 2.05) is 31.2 Å². The highest BCUT2D eigenvalue weighted by Crippen LogP contribution is 2.47. The molecular weight excluding hydrogens is 589 g/mol. The minimum Gasteiger partial charge on any atom is -0.493 e. The smallest absolute Gasteiger partial charge is 0.234 e. The third-order valence-electron chi connectivity index (χ3n) is 7.15. The number of nitrogens with zero attached hydrogens (tertiary/aromatic N) is 4. The number of nitrogens with one attached hydrogen (secondary N) is 1. The van der Waals surface area contributed by atoms with E-state index >= 15 is 0 Å². The van der Waals surface area contributed by atoms with Crippen molar-refractivity contribution in [3.63, 3.8) is 0 Å². The lowest BCUT2D eigenvalue weighted by Crippen LogP contribution is -2.38. The second kappa shape index (κ2) is 12.8.